The zero-order valence-corrected chi connectivity index (χ0v) is 24.3. The first-order valence-electron chi connectivity index (χ1n) is 14.5. The largest absolute Gasteiger partial charge is 0.493 e. The highest BCUT2D eigenvalue weighted by molar-refractivity contribution is 5.94. The molecule has 0 unspecified atom stereocenters. The third-order valence-electron chi connectivity index (χ3n) is 7.90. The van der Waals surface area contributed by atoms with Gasteiger partial charge in [0.05, 0.1) is 13.2 Å². The Kier molecular flexibility index (Phi) is 8.36. The summed E-state index contributed by atoms with van der Waals surface area (Å²) in [6.07, 6.45) is 2.30. The number of fused-ring (bicyclic) bond motifs is 6. The van der Waals surface area contributed by atoms with Crippen LogP contribution in [0.5, 0.6) is 17.2 Å². The van der Waals surface area contributed by atoms with Gasteiger partial charge < -0.3 is 34.1 Å². The van der Waals surface area contributed by atoms with E-state index in [1.165, 1.54) is 19.2 Å². The number of halogens is 1. The maximum Gasteiger partial charge on any atom is 0.270 e. The monoisotopic (exact) mass is 600 g/mol. The van der Waals surface area contributed by atoms with Crippen LogP contribution in [0.2, 0.25) is 0 Å². The molecule has 0 spiro atoms. The number of carbonyl (C=O) groups excluding carboxylic acids is 3. The number of amides is 3. The van der Waals surface area contributed by atoms with Crippen molar-refractivity contribution >= 4 is 23.2 Å². The van der Waals surface area contributed by atoms with Crippen LogP contribution in [-0.2, 0) is 22.6 Å². The van der Waals surface area contributed by atoms with Gasteiger partial charge in [0.2, 0.25) is 5.91 Å². The summed E-state index contributed by atoms with van der Waals surface area (Å²) < 4.78 is 34.0. The van der Waals surface area contributed by atoms with E-state index in [2.05, 4.69) is 10.6 Å². The lowest BCUT2D eigenvalue weighted by Crippen LogP contribution is -2.58. The molecule has 2 N–H and O–H groups in total. The van der Waals surface area contributed by atoms with Gasteiger partial charge in [0.15, 0.2) is 18.1 Å². The molecule has 0 saturated carbocycles. The Balaban J connectivity index is 1.28. The summed E-state index contributed by atoms with van der Waals surface area (Å²) in [5.74, 6) is -0.190. The summed E-state index contributed by atoms with van der Waals surface area (Å²) in [4.78, 5) is 41.1. The molecule has 1 fully saturated rings. The minimum Gasteiger partial charge on any atom is -0.493 e. The average molecular weight is 601 g/mol. The first-order valence-corrected chi connectivity index (χ1v) is 14.5. The highest BCUT2D eigenvalue weighted by atomic mass is 19.1. The van der Waals surface area contributed by atoms with Crippen LogP contribution >= 0.6 is 0 Å². The van der Waals surface area contributed by atoms with E-state index in [1.54, 1.807) is 29.2 Å². The van der Waals surface area contributed by atoms with E-state index in [0.29, 0.717) is 42.1 Å². The van der Waals surface area contributed by atoms with Crippen LogP contribution in [0.4, 0.5) is 4.39 Å². The second kappa shape index (κ2) is 12.7. The smallest absolute Gasteiger partial charge is 0.270 e. The third kappa shape index (κ3) is 6.46. The maximum absolute atomic E-state index is 14.6. The normalized spacial score (nSPS) is 19.4. The van der Waals surface area contributed by atoms with Crippen molar-refractivity contribution in [3.63, 3.8) is 0 Å². The highest BCUT2D eigenvalue weighted by Crippen LogP contribution is 2.29. The standard InChI is InChI=1S/C33H33FN4O6/c1-42-29-9-5-21-6-10-31(39)35-18-22-14-23(34)17-25(15-22)44-28-11-13-37(19-26(28)36-32(40)20-43-30(29)16-21)33(41)27-8-7-24-4-2-3-12-38(24)27/h2-5,7-9,12,14-17,26,28H,6,10-11,13,18-20H2,1H3,(H,35,39)(H,36,40)/t26-,28-/m1/s1. The fourth-order valence-electron chi connectivity index (χ4n) is 5.68. The molecule has 2 atom stereocenters. The molecule has 3 amide bonds. The van der Waals surface area contributed by atoms with Gasteiger partial charge >= 0.3 is 0 Å². The van der Waals surface area contributed by atoms with Gasteiger partial charge in [-0.2, -0.15) is 0 Å². The fraction of sp³-hybridized carbons (Fsp3) is 0.303. The highest BCUT2D eigenvalue weighted by Gasteiger charge is 2.35. The van der Waals surface area contributed by atoms with Crippen LogP contribution < -0.4 is 24.8 Å². The molecule has 228 valence electrons. The number of piperidine rings is 1. The van der Waals surface area contributed by atoms with Crippen molar-refractivity contribution in [2.75, 3.05) is 26.8 Å². The van der Waals surface area contributed by atoms with Gasteiger partial charge in [0, 0.05) is 50.3 Å². The van der Waals surface area contributed by atoms with E-state index in [4.69, 9.17) is 14.2 Å². The quantitative estimate of drug-likeness (QED) is 0.365. The number of likely N-dealkylation sites (tertiary alicyclic amines) is 1. The van der Waals surface area contributed by atoms with E-state index in [-0.39, 0.29) is 43.7 Å². The summed E-state index contributed by atoms with van der Waals surface area (Å²) in [7, 11) is 1.51. The van der Waals surface area contributed by atoms with Crippen molar-refractivity contribution in [2.45, 2.75) is 38.0 Å². The minimum absolute atomic E-state index is 0.127. The number of ether oxygens (including phenoxy) is 3. The van der Waals surface area contributed by atoms with Gasteiger partial charge in [-0.3, -0.25) is 14.4 Å². The fourth-order valence-corrected chi connectivity index (χ4v) is 5.68. The number of pyridine rings is 1. The minimum atomic E-state index is -0.617. The molecule has 1 saturated heterocycles. The number of nitrogens with zero attached hydrogens (tertiary/aromatic N) is 2. The summed E-state index contributed by atoms with van der Waals surface area (Å²) >= 11 is 0. The predicted molar refractivity (Wildman–Crippen MR) is 159 cm³/mol. The molecular formula is C33H33FN4O6. The summed E-state index contributed by atoms with van der Waals surface area (Å²) in [5, 5.41) is 5.82. The average Bonchev–Trinajstić information content (AvgIpc) is 3.46. The number of hydrogen-bond acceptors (Lipinski definition) is 6. The number of benzene rings is 2. The summed E-state index contributed by atoms with van der Waals surface area (Å²) in [5.41, 5.74) is 2.79. The van der Waals surface area contributed by atoms with Crippen LogP contribution in [0.25, 0.3) is 5.52 Å². The van der Waals surface area contributed by atoms with Crippen molar-refractivity contribution in [1.29, 1.82) is 0 Å². The molecule has 10 nitrogen and oxygen atoms in total. The van der Waals surface area contributed by atoms with E-state index < -0.39 is 23.9 Å². The SMILES string of the molecule is COc1ccc2cc1OCC(=O)N[C@@H]1CN(C(=O)c3ccc4ccccn34)CC[C@H]1Oc1cc(F)cc(c1)CNC(=O)CC2. The lowest BCUT2D eigenvalue weighted by Gasteiger charge is -2.38. The second-order valence-electron chi connectivity index (χ2n) is 10.9. The number of nitrogens with one attached hydrogen (secondary N) is 2. The van der Waals surface area contributed by atoms with Crippen LogP contribution in [-0.4, -0.2) is 66.0 Å². The lowest BCUT2D eigenvalue weighted by atomic mass is 10.0. The van der Waals surface area contributed by atoms with Gasteiger partial charge in [0.25, 0.3) is 11.8 Å². The number of rotatable bonds is 2. The van der Waals surface area contributed by atoms with Crippen molar-refractivity contribution in [3.8, 4) is 17.2 Å². The van der Waals surface area contributed by atoms with E-state index in [9.17, 15) is 18.8 Å². The van der Waals surface area contributed by atoms with Crippen LogP contribution in [0.3, 0.4) is 0 Å². The zero-order chi connectivity index (χ0) is 30.6. The van der Waals surface area contributed by atoms with Crippen molar-refractivity contribution in [2.24, 2.45) is 0 Å². The number of hydrogen-bond donors (Lipinski definition) is 2. The Bertz CT molecular complexity index is 1700. The van der Waals surface area contributed by atoms with Crippen LogP contribution in [0, 0.1) is 5.82 Å². The Morgan fingerprint density at radius 1 is 1.00 bits per heavy atom. The topological polar surface area (TPSA) is 111 Å². The Labute approximate surface area is 253 Å². The number of carbonyl (C=O) groups is 3. The second-order valence-corrected chi connectivity index (χ2v) is 10.9. The molecule has 0 radical (unpaired) electrons. The molecular weight excluding hydrogens is 567 g/mol. The first-order chi connectivity index (χ1) is 21.4. The predicted octanol–water partition coefficient (Wildman–Crippen LogP) is 3.51. The molecule has 4 heterocycles. The number of methoxy groups -OCH3 is 1. The molecule has 2 aromatic carbocycles. The Morgan fingerprint density at radius 2 is 1.89 bits per heavy atom. The number of aryl methyl sites for hydroxylation is 1. The Hall–Kier alpha value is -5.06. The lowest BCUT2D eigenvalue weighted by molar-refractivity contribution is -0.125. The third-order valence-corrected chi connectivity index (χ3v) is 7.90. The molecule has 11 heteroatoms. The van der Waals surface area contributed by atoms with E-state index in [1.807, 2.05) is 40.9 Å². The van der Waals surface area contributed by atoms with E-state index >= 15 is 0 Å². The molecule has 0 aliphatic carbocycles. The first kappa shape index (κ1) is 29.0. The van der Waals surface area contributed by atoms with Crippen molar-refractivity contribution < 1.29 is 33.0 Å². The van der Waals surface area contributed by atoms with Gasteiger partial charge in [-0.1, -0.05) is 12.1 Å². The van der Waals surface area contributed by atoms with Crippen LogP contribution in [0.15, 0.2) is 72.9 Å². The van der Waals surface area contributed by atoms with Gasteiger partial charge in [-0.15, -0.1) is 0 Å². The molecule has 2 aliphatic rings. The number of aromatic nitrogens is 1. The summed E-state index contributed by atoms with van der Waals surface area (Å²) in [6.45, 7) is 0.355. The molecule has 4 bridgehead atoms. The maximum atomic E-state index is 14.6. The summed E-state index contributed by atoms with van der Waals surface area (Å²) in [6, 6.07) is 18.3. The molecule has 2 aromatic heterocycles. The zero-order valence-electron chi connectivity index (χ0n) is 24.3. The van der Waals surface area contributed by atoms with Crippen LogP contribution in [0.1, 0.15) is 34.5 Å². The molecule has 2 aliphatic heterocycles. The van der Waals surface area contributed by atoms with Gasteiger partial charge in [-0.25, -0.2) is 4.39 Å². The van der Waals surface area contributed by atoms with E-state index in [0.717, 1.165) is 11.1 Å². The molecule has 44 heavy (non-hydrogen) atoms. The van der Waals surface area contributed by atoms with Gasteiger partial charge in [-0.05, 0) is 66.1 Å². The Morgan fingerprint density at radius 3 is 2.75 bits per heavy atom. The molecule has 6 rings (SSSR count). The van der Waals surface area contributed by atoms with Gasteiger partial charge in [0.1, 0.15) is 23.4 Å². The molecule has 4 aromatic rings. The van der Waals surface area contributed by atoms with Crippen molar-refractivity contribution in [1.82, 2.24) is 19.9 Å². The van der Waals surface area contributed by atoms with Crippen molar-refractivity contribution in [3.05, 3.63) is 95.6 Å².